The zero-order valence-electron chi connectivity index (χ0n) is 13.5. The van der Waals surface area contributed by atoms with E-state index >= 15 is 0 Å². The van der Waals surface area contributed by atoms with Gasteiger partial charge in [-0.1, -0.05) is 6.07 Å². The smallest absolute Gasteiger partial charge is 0.291 e. The van der Waals surface area contributed by atoms with Gasteiger partial charge in [0.25, 0.3) is 11.8 Å². The van der Waals surface area contributed by atoms with E-state index in [2.05, 4.69) is 10.6 Å². The molecule has 0 aliphatic carbocycles. The number of thiophene rings is 1. The summed E-state index contributed by atoms with van der Waals surface area (Å²) in [6, 6.07) is 12.1. The molecule has 1 aliphatic rings. The van der Waals surface area contributed by atoms with Crippen molar-refractivity contribution in [2.75, 3.05) is 12.1 Å². The molecule has 0 bridgehead atoms. The van der Waals surface area contributed by atoms with E-state index in [0.29, 0.717) is 27.9 Å². The Balaban J connectivity index is 1.35. The molecule has 3 heterocycles. The molecule has 3 aromatic rings. The lowest BCUT2D eigenvalue weighted by molar-refractivity contribution is 0.0953. The molecule has 7 nitrogen and oxygen atoms in total. The van der Waals surface area contributed by atoms with Crippen molar-refractivity contribution in [2.45, 2.75) is 6.54 Å². The minimum absolute atomic E-state index is 0.215. The van der Waals surface area contributed by atoms with Crippen LogP contribution >= 0.6 is 11.3 Å². The summed E-state index contributed by atoms with van der Waals surface area (Å²) in [4.78, 5) is 24.7. The van der Waals surface area contributed by atoms with E-state index in [4.69, 9.17) is 13.9 Å². The molecule has 1 aliphatic heterocycles. The number of nitrogens with one attached hydrogen (secondary N) is 2. The van der Waals surface area contributed by atoms with Crippen molar-refractivity contribution < 1.29 is 23.5 Å². The SMILES string of the molecule is O=C(Nc1ccc(C(=O)NCc2ccc3c(c2)OCO3)s1)c1ccco1. The summed E-state index contributed by atoms with van der Waals surface area (Å²) in [5.41, 5.74) is 0.908. The van der Waals surface area contributed by atoms with Gasteiger partial charge in [0.1, 0.15) is 0 Å². The van der Waals surface area contributed by atoms with Crippen molar-refractivity contribution in [3.05, 3.63) is 64.9 Å². The number of fused-ring (bicyclic) bond motifs is 1. The van der Waals surface area contributed by atoms with E-state index in [0.717, 1.165) is 5.56 Å². The summed E-state index contributed by atoms with van der Waals surface area (Å²) < 4.78 is 15.6. The van der Waals surface area contributed by atoms with Gasteiger partial charge < -0.3 is 24.5 Å². The van der Waals surface area contributed by atoms with Gasteiger partial charge in [0.15, 0.2) is 17.3 Å². The van der Waals surface area contributed by atoms with Crippen LogP contribution in [0.2, 0.25) is 0 Å². The highest BCUT2D eigenvalue weighted by molar-refractivity contribution is 7.18. The van der Waals surface area contributed by atoms with Gasteiger partial charge in [-0.05, 0) is 42.0 Å². The van der Waals surface area contributed by atoms with Crippen molar-refractivity contribution in [1.82, 2.24) is 5.32 Å². The van der Waals surface area contributed by atoms with Gasteiger partial charge in [-0.2, -0.15) is 0 Å². The van der Waals surface area contributed by atoms with Crippen LogP contribution in [-0.2, 0) is 6.54 Å². The standard InChI is InChI=1S/C18H14N2O5S/c21-17(13-2-1-7-23-13)20-16-6-5-15(26-16)18(22)19-9-11-3-4-12-14(8-11)25-10-24-12/h1-8H,9-10H2,(H,19,22)(H,20,21). The van der Waals surface area contributed by atoms with E-state index in [-0.39, 0.29) is 24.4 Å². The molecular formula is C18H14N2O5S. The molecule has 1 aromatic carbocycles. The van der Waals surface area contributed by atoms with Crippen LogP contribution in [0.25, 0.3) is 0 Å². The second-order valence-corrected chi connectivity index (χ2v) is 6.55. The number of benzene rings is 1. The summed E-state index contributed by atoms with van der Waals surface area (Å²) >= 11 is 1.19. The molecule has 2 aromatic heterocycles. The molecule has 26 heavy (non-hydrogen) atoms. The summed E-state index contributed by atoms with van der Waals surface area (Å²) in [6.45, 7) is 0.578. The zero-order valence-corrected chi connectivity index (χ0v) is 14.3. The second kappa shape index (κ2) is 6.93. The first-order valence-electron chi connectivity index (χ1n) is 7.80. The molecular weight excluding hydrogens is 356 g/mol. The first-order chi connectivity index (χ1) is 12.7. The quantitative estimate of drug-likeness (QED) is 0.720. The molecule has 0 saturated heterocycles. The van der Waals surface area contributed by atoms with E-state index in [9.17, 15) is 9.59 Å². The number of hydrogen-bond acceptors (Lipinski definition) is 6. The second-order valence-electron chi connectivity index (χ2n) is 5.47. The Morgan fingerprint density at radius 1 is 1.04 bits per heavy atom. The summed E-state index contributed by atoms with van der Waals surface area (Å²) in [7, 11) is 0. The maximum atomic E-state index is 12.3. The number of amides is 2. The van der Waals surface area contributed by atoms with Crippen LogP contribution in [0.1, 0.15) is 25.8 Å². The van der Waals surface area contributed by atoms with E-state index in [1.807, 2.05) is 18.2 Å². The van der Waals surface area contributed by atoms with Crippen LogP contribution in [0.3, 0.4) is 0 Å². The number of anilines is 1. The van der Waals surface area contributed by atoms with Gasteiger partial charge in [0.05, 0.1) is 16.1 Å². The molecule has 4 rings (SSSR count). The fraction of sp³-hybridized carbons (Fsp3) is 0.111. The van der Waals surface area contributed by atoms with Crippen LogP contribution < -0.4 is 20.1 Å². The van der Waals surface area contributed by atoms with Gasteiger partial charge in [-0.15, -0.1) is 11.3 Å². The predicted molar refractivity (Wildman–Crippen MR) is 94.7 cm³/mol. The lowest BCUT2D eigenvalue weighted by atomic mass is 10.2. The molecule has 0 radical (unpaired) electrons. The van der Waals surface area contributed by atoms with E-state index in [1.165, 1.54) is 17.6 Å². The number of carbonyl (C=O) groups excluding carboxylic acids is 2. The van der Waals surface area contributed by atoms with Crippen molar-refractivity contribution in [2.24, 2.45) is 0 Å². The van der Waals surface area contributed by atoms with Gasteiger partial charge >= 0.3 is 0 Å². The maximum Gasteiger partial charge on any atom is 0.291 e. The van der Waals surface area contributed by atoms with Crippen molar-refractivity contribution in [1.29, 1.82) is 0 Å². The first kappa shape index (κ1) is 16.2. The highest BCUT2D eigenvalue weighted by Crippen LogP contribution is 2.32. The number of rotatable bonds is 5. The summed E-state index contributed by atoms with van der Waals surface area (Å²) in [5, 5.41) is 6.11. The van der Waals surface area contributed by atoms with Crippen molar-refractivity contribution in [3.8, 4) is 11.5 Å². The topological polar surface area (TPSA) is 89.8 Å². The van der Waals surface area contributed by atoms with Crippen molar-refractivity contribution >= 4 is 28.2 Å². The van der Waals surface area contributed by atoms with Gasteiger partial charge in [-0.25, -0.2) is 0 Å². The molecule has 8 heteroatoms. The summed E-state index contributed by atoms with van der Waals surface area (Å²) in [5.74, 6) is 1.02. The predicted octanol–water partition coefficient (Wildman–Crippen LogP) is 3.25. The fourth-order valence-electron chi connectivity index (χ4n) is 2.43. The minimum Gasteiger partial charge on any atom is -0.459 e. The van der Waals surface area contributed by atoms with Crippen LogP contribution in [0.15, 0.2) is 53.1 Å². The third-order valence-electron chi connectivity index (χ3n) is 3.70. The largest absolute Gasteiger partial charge is 0.459 e. The zero-order chi connectivity index (χ0) is 17.9. The van der Waals surface area contributed by atoms with Crippen LogP contribution in [-0.4, -0.2) is 18.6 Å². The third kappa shape index (κ3) is 3.40. The average molecular weight is 370 g/mol. The average Bonchev–Trinajstić information content (AvgIpc) is 3.39. The fourth-order valence-corrected chi connectivity index (χ4v) is 3.25. The lowest BCUT2D eigenvalue weighted by Crippen LogP contribution is -2.21. The molecule has 0 unspecified atom stereocenters. The van der Waals surface area contributed by atoms with Crippen molar-refractivity contribution in [3.63, 3.8) is 0 Å². The van der Waals surface area contributed by atoms with E-state index < -0.39 is 0 Å². The number of furan rings is 1. The Labute approximate surface area is 152 Å². The maximum absolute atomic E-state index is 12.3. The number of hydrogen-bond donors (Lipinski definition) is 2. The molecule has 2 amide bonds. The molecule has 0 spiro atoms. The Morgan fingerprint density at radius 2 is 1.92 bits per heavy atom. The van der Waals surface area contributed by atoms with E-state index in [1.54, 1.807) is 24.3 Å². The Bertz CT molecular complexity index is 948. The highest BCUT2D eigenvalue weighted by Gasteiger charge is 2.15. The molecule has 0 atom stereocenters. The van der Waals surface area contributed by atoms with Gasteiger partial charge in [0.2, 0.25) is 6.79 Å². The summed E-state index contributed by atoms with van der Waals surface area (Å²) in [6.07, 6.45) is 1.43. The molecule has 2 N–H and O–H groups in total. The Hall–Kier alpha value is -3.26. The number of ether oxygens (including phenoxy) is 2. The molecule has 0 saturated carbocycles. The first-order valence-corrected chi connectivity index (χ1v) is 8.62. The monoisotopic (exact) mass is 370 g/mol. The van der Waals surface area contributed by atoms with Crippen LogP contribution in [0.5, 0.6) is 11.5 Å². The number of carbonyl (C=O) groups is 2. The van der Waals surface area contributed by atoms with Crippen LogP contribution in [0, 0.1) is 0 Å². The van der Waals surface area contributed by atoms with Gasteiger partial charge in [-0.3, -0.25) is 9.59 Å². The highest BCUT2D eigenvalue weighted by atomic mass is 32.1. The minimum atomic E-state index is -0.357. The Kier molecular flexibility index (Phi) is 4.32. The van der Waals surface area contributed by atoms with Crippen LogP contribution in [0.4, 0.5) is 5.00 Å². The Morgan fingerprint density at radius 3 is 2.77 bits per heavy atom. The third-order valence-corrected chi connectivity index (χ3v) is 4.70. The normalized spacial score (nSPS) is 12.0. The lowest BCUT2D eigenvalue weighted by Gasteiger charge is -2.05. The van der Waals surface area contributed by atoms with Gasteiger partial charge in [0, 0.05) is 6.54 Å². The molecule has 0 fully saturated rings. The molecule has 132 valence electrons.